The summed E-state index contributed by atoms with van der Waals surface area (Å²) in [7, 11) is -3.47. The smallest absolute Gasteiger partial charge is 0.337 e. The van der Waals surface area contributed by atoms with Crippen LogP contribution >= 0.6 is 0 Å². The van der Waals surface area contributed by atoms with Gasteiger partial charge in [0.1, 0.15) is 11.9 Å². The number of carbonyl (C=O) groups excluding carboxylic acids is 1. The Morgan fingerprint density at radius 2 is 1.91 bits per heavy atom. The molecule has 2 atom stereocenters. The highest BCUT2D eigenvalue weighted by Crippen LogP contribution is 2.33. The molecule has 0 radical (unpaired) electrons. The second-order valence-electron chi connectivity index (χ2n) is 5.23. The third kappa shape index (κ3) is 3.32. The minimum absolute atomic E-state index is 0.168. The van der Waals surface area contributed by atoms with Crippen molar-refractivity contribution in [2.45, 2.75) is 31.8 Å². The summed E-state index contributed by atoms with van der Waals surface area (Å²) in [6.07, 6.45) is -0.579. The lowest BCUT2D eigenvalue weighted by molar-refractivity contribution is -0.139. The molecule has 0 aliphatic carbocycles. The maximum atomic E-state index is 12.4. The molecule has 5 nitrogen and oxygen atoms in total. The summed E-state index contributed by atoms with van der Waals surface area (Å²) in [4.78, 5) is 12.2. The molecule has 0 amide bonds. The molecule has 6 heteroatoms. The van der Waals surface area contributed by atoms with Crippen LogP contribution in [0.5, 0.6) is 0 Å². The lowest BCUT2D eigenvalue weighted by atomic mass is 9.98. The Labute approximate surface area is 130 Å². The van der Waals surface area contributed by atoms with E-state index in [2.05, 4.69) is 0 Å². The Morgan fingerprint density at radius 3 is 2.50 bits per heavy atom. The molecule has 0 aromatic heterocycles. The number of allylic oxidation sites excluding steroid dienone is 1. The van der Waals surface area contributed by atoms with Gasteiger partial charge in [-0.05, 0) is 26.0 Å². The molecular weight excluding hydrogens is 304 g/mol. The Morgan fingerprint density at radius 1 is 1.27 bits per heavy atom. The van der Waals surface area contributed by atoms with Crippen molar-refractivity contribution in [2.24, 2.45) is 5.92 Å². The molecule has 1 aromatic carbocycles. The van der Waals surface area contributed by atoms with Crippen molar-refractivity contribution in [2.75, 3.05) is 12.4 Å². The van der Waals surface area contributed by atoms with Crippen molar-refractivity contribution in [3.63, 3.8) is 0 Å². The van der Waals surface area contributed by atoms with Crippen molar-refractivity contribution in [3.05, 3.63) is 41.7 Å². The van der Waals surface area contributed by atoms with Crippen molar-refractivity contribution in [1.29, 1.82) is 0 Å². The van der Waals surface area contributed by atoms with Crippen LogP contribution in [0.1, 0.15) is 20.8 Å². The zero-order valence-corrected chi connectivity index (χ0v) is 13.7. The predicted molar refractivity (Wildman–Crippen MR) is 81.9 cm³/mol. The lowest BCUT2D eigenvalue weighted by Crippen LogP contribution is -2.28. The summed E-state index contributed by atoms with van der Waals surface area (Å²) >= 11 is 0. The van der Waals surface area contributed by atoms with Gasteiger partial charge in [-0.1, -0.05) is 25.1 Å². The summed E-state index contributed by atoms with van der Waals surface area (Å²) in [6, 6.07) is 8.24. The van der Waals surface area contributed by atoms with E-state index in [1.807, 2.05) is 0 Å². The molecule has 120 valence electrons. The molecule has 0 saturated heterocycles. The van der Waals surface area contributed by atoms with E-state index in [4.69, 9.17) is 9.47 Å². The molecule has 0 saturated carbocycles. The van der Waals surface area contributed by atoms with E-state index in [1.165, 1.54) is 0 Å². The van der Waals surface area contributed by atoms with Crippen LogP contribution in [0, 0.1) is 5.92 Å². The maximum absolute atomic E-state index is 12.4. The fraction of sp³-hybridized carbons (Fsp3) is 0.438. The number of hydrogen-bond donors (Lipinski definition) is 0. The highest BCUT2D eigenvalue weighted by atomic mass is 32.2. The first kappa shape index (κ1) is 16.5. The van der Waals surface area contributed by atoms with Crippen LogP contribution < -0.4 is 0 Å². The molecule has 22 heavy (non-hydrogen) atoms. The first-order valence-corrected chi connectivity index (χ1v) is 8.84. The molecule has 2 rings (SSSR count). The molecule has 1 aliphatic rings. The monoisotopic (exact) mass is 324 g/mol. The molecule has 0 unspecified atom stereocenters. The van der Waals surface area contributed by atoms with Crippen molar-refractivity contribution < 1.29 is 22.7 Å². The van der Waals surface area contributed by atoms with E-state index < -0.39 is 21.9 Å². The first-order chi connectivity index (χ1) is 10.4. The van der Waals surface area contributed by atoms with Crippen LogP contribution in [-0.4, -0.2) is 32.9 Å². The number of carbonyl (C=O) groups is 1. The number of rotatable bonds is 5. The van der Waals surface area contributed by atoms with Gasteiger partial charge >= 0.3 is 5.97 Å². The molecular formula is C16H20O5S. The Bertz CT molecular complexity index is 676. The Balaban J connectivity index is 2.15. The molecule has 1 heterocycles. The third-order valence-corrected chi connectivity index (χ3v) is 5.46. The molecule has 0 fully saturated rings. The first-order valence-electron chi connectivity index (χ1n) is 7.19. The van der Waals surface area contributed by atoms with Gasteiger partial charge in [-0.2, -0.15) is 0 Å². The third-order valence-electron chi connectivity index (χ3n) is 3.70. The summed E-state index contributed by atoms with van der Waals surface area (Å²) in [5, 5.41) is 0. The summed E-state index contributed by atoms with van der Waals surface area (Å²) < 4.78 is 35.5. The van der Waals surface area contributed by atoms with Crippen molar-refractivity contribution >= 4 is 15.8 Å². The largest absolute Gasteiger partial charge is 0.493 e. The summed E-state index contributed by atoms with van der Waals surface area (Å²) in [5.41, 5.74) is 0.426. The Hall–Kier alpha value is -1.82. The fourth-order valence-electron chi connectivity index (χ4n) is 2.56. The fourth-order valence-corrected chi connectivity index (χ4v) is 4.11. The average molecular weight is 324 g/mol. The van der Waals surface area contributed by atoms with Gasteiger partial charge in [0, 0.05) is 5.92 Å². The molecule has 0 N–H and O–H groups in total. The molecule has 0 spiro atoms. The van der Waals surface area contributed by atoms with Crippen LogP contribution in [-0.2, 0) is 24.1 Å². The average Bonchev–Trinajstić information content (AvgIpc) is 2.74. The van der Waals surface area contributed by atoms with E-state index in [9.17, 15) is 13.2 Å². The van der Waals surface area contributed by atoms with E-state index in [0.717, 1.165) is 0 Å². The zero-order chi connectivity index (χ0) is 16.3. The number of esters is 1. The highest BCUT2D eigenvalue weighted by molar-refractivity contribution is 7.91. The maximum Gasteiger partial charge on any atom is 0.337 e. The SMILES string of the molecule is CCOC(=O)C1=C(C)O[C@H](CS(=O)(=O)c2ccccc2)[C@H]1C. The number of sulfone groups is 1. The zero-order valence-electron chi connectivity index (χ0n) is 12.9. The van der Waals surface area contributed by atoms with Crippen LogP contribution in [0.4, 0.5) is 0 Å². The standard InChI is InChI=1S/C16H20O5S/c1-4-20-16(17)15-11(2)14(21-12(15)3)10-22(18,19)13-8-6-5-7-9-13/h5-9,11,14H,4,10H2,1-3H3/t11-,14-/m1/s1. The van der Waals surface area contributed by atoms with Gasteiger partial charge in [0.15, 0.2) is 9.84 Å². The van der Waals surface area contributed by atoms with E-state index in [1.54, 1.807) is 51.1 Å². The predicted octanol–water partition coefficient (Wildman–Crippen LogP) is 2.33. The van der Waals surface area contributed by atoms with Gasteiger partial charge in [-0.15, -0.1) is 0 Å². The van der Waals surface area contributed by atoms with Crippen molar-refractivity contribution in [1.82, 2.24) is 0 Å². The quantitative estimate of drug-likeness (QED) is 0.778. The van der Waals surface area contributed by atoms with Gasteiger partial charge in [0.2, 0.25) is 0 Å². The van der Waals surface area contributed by atoms with Crippen LogP contribution in [0.3, 0.4) is 0 Å². The van der Waals surface area contributed by atoms with E-state index in [0.29, 0.717) is 11.3 Å². The van der Waals surface area contributed by atoms with Crippen molar-refractivity contribution in [3.8, 4) is 0 Å². The number of benzene rings is 1. The van der Waals surface area contributed by atoms with Crippen LogP contribution in [0.25, 0.3) is 0 Å². The topological polar surface area (TPSA) is 69.7 Å². The lowest BCUT2D eigenvalue weighted by Gasteiger charge is -2.17. The second-order valence-corrected chi connectivity index (χ2v) is 7.26. The van der Waals surface area contributed by atoms with Gasteiger partial charge in [-0.3, -0.25) is 0 Å². The molecule has 0 bridgehead atoms. The van der Waals surface area contributed by atoms with Gasteiger partial charge in [0.25, 0.3) is 0 Å². The van der Waals surface area contributed by atoms with E-state index >= 15 is 0 Å². The van der Waals surface area contributed by atoms with Gasteiger partial charge in [0.05, 0.1) is 22.8 Å². The summed E-state index contributed by atoms with van der Waals surface area (Å²) in [5.74, 6) is -0.484. The minimum atomic E-state index is -3.47. The number of ether oxygens (including phenoxy) is 2. The number of hydrogen-bond acceptors (Lipinski definition) is 5. The highest BCUT2D eigenvalue weighted by Gasteiger charge is 2.39. The van der Waals surface area contributed by atoms with Crippen LogP contribution in [0.2, 0.25) is 0 Å². The van der Waals surface area contributed by atoms with Gasteiger partial charge in [-0.25, -0.2) is 13.2 Å². The second kappa shape index (κ2) is 6.52. The molecule has 1 aromatic rings. The minimum Gasteiger partial charge on any atom is -0.493 e. The van der Waals surface area contributed by atoms with Gasteiger partial charge < -0.3 is 9.47 Å². The van der Waals surface area contributed by atoms with Crippen LogP contribution in [0.15, 0.2) is 46.6 Å². The molecule has 1 aliphatic heterocycles. The normalized spacial score (nSPS) is 21.6. The summed E-state index contributed by atoms with van der Waals surface area (Å²) in [6.45, 7) is 5.45. The van der Waals surface area contributed by atoms with E-state index in [-0.39, 0.29) is 23.2 Å². The Kier molecular flexibility index (Phi) is 4.90.